The van der Waals surface area contributed by atoms with Crippen LogP contribution >= 0.6 is 11.8 Å². The molecule has 2 heterocycles. The van der Waals surface area contributed by atoms with Crippen LogP contribution in [0.25, 0.3) is 0 Å². The van der Waals surface area contributed by atoms with Crippen LogP contribution in [-0.2, 0) is 0 Å². The van der Waals surface area contributed by atoms with Crippen molar-refractivity contribution in [2.45, 2.75) is 32.7 Å². The highest BCUT2D eigenvalue weighted by atomic mass is 32.2. The average molecular weight is 327 g/mol. The number of pyridine rings is 1. The molecule has 0 spiro atoms. The maximum atomic E-state index is 12.8. The first-order valence-electron chi connectivity index (χ1n) is 7.72. The van der Waals surface area contributed by atoms with Crippen molar-refractivity contribution in [3.05, 3.63) is 46.6 Å². The minimum Gasteiger partial charge on any atom is -0.308 e. The number of urea groups is 1. The number of carbonyl (C=O) groups excluding carboxylic acids is 1. The number of nitrogens with zero attached hydrogens (tertiary/aromatic N) is 2. The van der Waals surface area contributed by atoms with Gasteiger partial charge in [0.2, 0.25) is 0 Å². The number of carbonyl (C=O) groups is 1. The molecule has 1 aromatic carbocycles. The molecule has 0 fully saturated rings. The van der Waals surface area contributed by atoms with Crippen LogP contribution in [0.4, 0.5) is 16.2 Å². The number of thioether (sulfide) groups is 1. The van der Waals surface area contributed by atoms with Gasteiger partial charge in [0.15, 0.2) is 0 Å². The molecule has 0 radical (unpaired) electrons. The molecule has 3 rings (SSSR count). The van der Waals surface area contributed by atoms with E-state index in [1.165, 1.54) is 0 Å². The van der Waals surface area contributed by atoms with Crippen LogP contribution in [-0.4, -0.2) is 23.3 Å². The molecule has 4 nitrogen and oxygen atoms in total. The number of amides is 2. The lowest BCUT2D eigenvalue weighted by molar-refractivity contribution is 0.257. The summed E-state index contributed by atoms with van der Waals surface area (Å²) in [5.74, 6) is 0.864. The van der Waals surface area contributed by atoms with Crippen molar-refractivity contribution in [1.82, 2.24) is 4.98 Å². The summed E-state index contributed by atoms with van der Waals surface area (Å²) in [5, 5.41) is 3.97. The molecule has 1 aliphatic rings. The number of nitrogens with one attached hydrogen (secondary N) is 1. The zero-order valence-corrected chi connectivity index (χ0v) is 14.8. The Balaban J connectivity index is 1.90. The van der Waals surface area contributed by atoms with E-state index in [4.69, 9.17) is 0 Å². The van der Waals surface area contributed by atoms with Gasteiger partial charge in [-0.1, -0.05) is 6.07 Å². The van der Waals surface area contributed by atoms with Crippen molar-refractivity contribution in [2.75, 3.05) is 22.5 Å². The number of hydrogen-bond acceptors (Lipinski definition) is 3. The van der Waals surface area contributed by atoms with Gasteiger partial charge in [-0.25, -0.2) is 9.78 Å². The number of rotatable bonds is 1. The zero-order valence-electron chi connectivity index (χ0n) is 13.9. The number of aromatic nitrogens is 1. The lowest BCUT2D eigenvalue weighted by Gasteiger charge is -2.30. The molecule has 0 bridgehead atoms. The van der Waals surface area contributed by atoms with E-state index < -0.39 is 0 Å². The Morgan fingerprint density at radius 2 is 1.83 bits per heavy atom. The summed E-state index contributed by atoms with van der Waals surface area (Å²) in [5.41, 5.74) is 6.14. The quantitative estimate of drug-likeness (QED) is 0.841. The number of anilines is 2. The minimum absolute atomic E-state index is 0.0923. The van der Waals surface area contributed by atoms with Crippen LogP contribution in [0.5, 0.6) is 0 Å². The van der Waals surface area contributed by atoms with E-state index in [1.807, 2.05) is 50.8 Å². The molecule has 0 aliphatic carbocycles. The molecule has 2 amide bonds. The first-order chi connectivity index (χ1) is 10.9. The van der Waals surface area contributed by atoms with E-state index in [0.717, 1.165) is 44.5 Å². The Kier molecular flexibility index (Phi) is 4.31. The molecule has 0 saturated carbocycles. The van der Waals surface area contributed by atoms with Crippen LogP contribution in [0.1, 0.15) is 22.4 Å². The van der Waals surface area contributed by atoms with Gasteiger partial charge in [0.05, 0.1) is 5.69 Å². The van der Waals surface area contributed by atoms with Gasteiger partial charge in [-0.3, -0.25) is 4.90 Å². The van der Waals surface area contributed by atoms with Crippen molar-refractivity contribution in [2.24, 2.45) is 0 Å². The van der Waals surface area contributed by atoms with E-state index in [2.05, 4.69) is 16.4 Å². The molecule has 0 atom stereocenters. The summed E-state index contributed by atoms with van der Waals surface area (Å²) in [6.07, 6.45) is 0. The number of hydrogen-bond donors (Lipinski definition) is 1. The van der Waals surface area contributed by atoms with Crippen LogP contribution in [0.3, 0.4) is 0 Å². The molecule has 2 aromatic rings. The van der Waals surface area contributed by atoms with E-state index in [9.17, 15) is 4.79 Å². The molecule has 1 N–H and O–H groups in total. The minimum atomic E-state index is -0.0923. The monoisotopic (exact) mass is 327 g/mol. The second kappa shape index (κ2) is 6.24. The number of fused-ring (bicyclic) bond motifs is 1. The smallest absolute Gasteiger partial charge is 0.308 e. The predicted octanol–water partition coefficient (Wildman–Crippen LogP) is 4.46. The lowest BCUT2D eigenvalue weighted by Crippen LogP contribution is -2.39. The van der Waals surface area contributed by atoms with Crippen LogP contribution in [0, 0.1) is 27.7 Å². The number of aryl methyl sites for hydroxylation is 4. The first kappa shape index (κ1) is 15.9. The SMILES string of the molecule is Cc1cc(C)cc(NC(=O)N2CCSc3nc(C)cc(C)c32)c1. The second-order valence-electron chi connectivity index (χ2n) is 6.04. The molecular weight excluding hydrogens is 306 g/mol. The molecule has 23 heavy (non-hydrogen) atoms. The third kappa shape index (κ3) is 3.34. The Bertz CT molecular complexity index is 753. The summed E-state index contributed by atoms with van der Waals surface area (Å²) in [7, 11) is 0. The second-order valence-corrected chi connectivity index (χ2v) is 7.12. The van der Waals surface area contributed by atoms with Crippen molar-refractivity contribution >= 4 is 29.2 Å². The van der Waals surface area contributed by atoms with Crippen LogP contribution < -0.4 is 10.2 Å². The Labute approximate surface area is 141 Å². The molecule has 0 saturated heterocycles. The van der Waals surface area contributed by atoms with Crippen molar-refractivity contribution < 1.29 is 4.79 Å². The van der Waals surface area contributed by atoms with Gasteiger partial charge < -0.3 is 5.32 Å². The Morgan fingerprint density at radius 3 is 2.52 bits per heavy atom. The summed E-state index contributed by atoms with van der Waals surface area (Å²) in [6.45, 7) is 8.79. The molecule has 0 unspecified atom stereocenters. The Morgan fingerprint density at radius 1 is 1.13 bits per heavy atom. The van der Waals surface area contributed by atoms with E-state index in [0.29, 0.717) is 6.54 Å². The van der Waals surface area contributed by atoms with E-state index in [1.54, 1.807) is 11.8 Å². The van der Waals surface area contributed by atoms with Crippen molar-refractivity contribution in [3.63, 3.8) is 0 Å². The largest absolute Gasteiger partial charge is 0.326 e. The normalized spacial score (nSPS) is 13.7. The zero-order chi connectivity index (χ0) is 16.6. The van der Waals surface area contributed by atoms with Crippen molar-refractivity contribution in [1.29, 1.82) is 0 Å². The van der Waals surface area contributed by atoms with Gasteiger partial charge in [0, 0.05) is 23.7 Å². The number of benzene rings is 1. The first-order valence-corrected chi connectivity index (χ1v) is 8.70. The maximum absolute atomic E-state index is 12.8. The standard InChI is InChI=1S/C18H21N3OS/c1-11-7-12(2)9-15(8-11)20-18(22)21-5-6-23-17-16(21)13(3)10-14(4)19-17/h7-10H,5-6H2,1-4H3,(H,20,22). The van der Waals surface area contributed by atoms with Crippen LogP contribution in [0.15, 0.2) is 29.3 Å². The maximum Gasteiger partial charge on any atom is 0.326 e. The van der Waals surface area contributed by atoms with Gasteiger partial charge in [0.1, 0.15) is 5.03 Å². The topological polar surface area (TPSA) is 45.2 Å². The summed E-state index contributed by atoms with van der Waals surface area (Å²) in [4.78, 5) is 19.2. The fraction of sp³-hybridized carbons (Fsp3) is 0.333. The summed E-state index contributed by atoms with van der Waals surface area (Å²) >= 11 is 1.72. The average Bonchev–Trinajstić information content (AvgIpc) is 2.45. The third-order valence-electron chi connectivity index (χ3n) is 3.82. The molecule has 120 valence electrons. The van der Waals surface area contributed by atoms with Crippen LogP contribution in [0.2, 0.25) is 0 Å². The fourth-order valence-electron chi connectivity index (χ4n) is 3.01. The van der Waals surface area contributed by atoms with Gasteiger partial charge in [-0.2, -0.15) is 0 Å². The summed E-state index contributed by atoms with van der Waals surface area (Å²) in [6, 6.07) is 8.02. The van der Waals surface area contributed by atoms with Gasteiger partial charge in [-0.15, -0.1) is 11.8 Å². The van der Waals surface area contributed by atoms with E-state index >= 15 is 0 Å². The highest BCUT2D eigenvalue weighted by Gasteiger charge is 2.26. The Hall–Kier alpha value is -2.01. The molecule has 5 heteroatoms. The fourth-order valence-corrected chi connectivity index (χ4v) is 4.09. The van der Waals surface area contributed by atoms with Crippen molar-refractivity contribution in [3.8, 4) is 0 Å². The molecule has 1 aromatic heterocycles. The molecular formula is C18H21N3OS. The third-order valence-corrected chi connectivity index (χ3v) is 4.77. The van der Waals surface area contributed by atoms with E-state index in [-0.39, 0.29) is 6.03 Å². The lowest BCUT2D eigenvalue weighted by atomic mass is 10.1. The van der Waals surface area contributed by atoms with Gasteiger partial charge in [-0.05, 0) is 62.6 Å². The highest BCUT2D eigenvalue weighted by Crippen LogP contribution is 2.36. The predicted molar refractivity (Wildman–Crippen MR) is 96.7 cm³/mol. The highest BCUT2D eigenvalue weighted by molar-refractivity contribution is 7.99. The molecule has 1 aliphatic heterocycles. The van der Waals surface area contributed by atoms with Gasteiger partial charge in [0.25, 0.3) is 0 Å². The summed E-state index contributed by atoms with van der Waals surface area (Å²) < 4.78 is 0. The van der Waals surface area contributed by atoms with Gasteiger partial charge >= 0.3 is 6.03 Å².